The van der Waals surface area contributed by atoms with E-state index in [2.05, 4.69) is 10.5 Å². The Labute approximate surface area is 127 Å². The van der Waals surface area contributed by atoms with Crippen molar-refractivity contribution in [3.8, 4) is 5.75 Å². The smallest absolute Gasteiger partial charge is 0.335 e. The van der Waals surface area contributed by atoms with Gasteiger partial charge in [-0.3, -0.25) is 4.79 Å². The molecule has 6 nitrogen and oxygen atoms in total. The number of hydrogen-bond donors (Lipinski definition) is 2. The fourth-order valence-electron chi connectivity index (χ4n) is 1.77. The molecule has 0 saturated heterocycles. The summed E-state index contributed by atoms with van der Waals surface area (Å²) in [6.45, 7) is 0. The van der Waals surface area contributed by atoms with Crippen LogP contribution in [0.25, 0.3) is 0 Å². The lowest BCUT2D eigenvalue weighted by atomic mass is 10.1. The van der Waals surface area contributed by atoms with Gasteiger partial charge in [0.1, 0.15) is 5.75 Å². The Bertz CT molecular complexity index is 708. The highest BCUT2D eigenvalue weighted by Crippen LogP contribution is 2.16. The third-order valence-corrected chi connectivity index (χ3v) is 2.89. The summed E-state index contributed by atoms with van der Waals surface area (Å²) in [6.07, 6.45) is 1.43. The van der Waals surface area contributed by atoms with Crippen LogP contribution in [0, 0.1) is 0 Å². The summed E-state index contributed by atoms with van der Waals surface area (Å²) in [5, 5.41) is 12.6. The fraction of sp³-hybridized carbons (Fsp3) is 0.0625. The van der Waals surface area contributed by atoms with Gasteiger partial charge in [-0.25, -0.2) is 10.2 Å². The molecule has 0 aliphatic carbocycles. The van der Waals surface area contributed by atoms with Crippen LogP contribution in [0.3, 0.4) is 0 Å². The Morgan fingerprint density at radius 2 is 1.82 bits per heavy atom. The molecule has 0 fully saturated rings. The zero-order chi connectivity index (χ0) is 15.9. The molecule has 1 amide bonds. The van der Waals surface area contributed by atoms with Crippen molar-refractivity contribution in [2.75, 3.05) is 7.11 Å². The molecule has 0 atom stereocenters. The van der Waals surface area contributed by atoms with E-state index in [1.165, 1.54) is 25.5 Å². The quantitative estimate of drug-likeness (QED) is 0.654. The number of ether oxygens (including phenoxy) is 1. The molecule has 6 heteroatoms. The molecule has 0 unspecified atom stereocenters. The number of nitrogens with one attached hydrogen (secondary N) is 1. The number of aromatic carboxylic acids is 1. The van der Waals surface area contributed by atoms with Gasteiger partial charge in [0.05, 0.1) is 24.5 Å². The molecule has 2 N–H and O–H groups in total. The van der Waals surface area contributed by atoms with Gasteiger partial charge in [0.2, 0.25) is 0 Å². The second-order valence-electron chi connectivity index (χ2n) is 4.33. The Kier molecular flexibility index (Phi) is 4.87. The first kappa shape index (κ1) is 15.2. The summed E-state index contributed by atoms with van der Waals surface area (Å²) in [4.78, 5) is 22.7. The summed E-state index contributed by atoms with van der Waals surface area (Å²) in [7, 11) is 1.49. The van der Waals surface area contributed by atoms with Crippen LogP contribution in [0.2, 0.25) is 0 Å². The van der Waals surface area contributed by atoms with Crippen molar-refractivity contribution in [2.45, 2.75) is 0 Å². The van der Waals surface area contributed by atoms with Crippen LogP contribution >= 0.6 is 0 Å². The number of hydrogen-bond acceptors (Lipinski definition) is 4. The van der Waals surface area contributed by atoms with Crippen LogP contribution in [0.1, 0.15) is 26.3 Å². The maximum Gasteiger partial charge on any atom is 0.335 e. The number of carboxylic acid groups (broad SMARTS) is 1. The molecule has 2 rings (SSSR count). The number of benzene rings is 2. The normalized spacial score (nSPS) is 10.4. The van der Waals surface area contributed by atoms with Crippen LogP contribution in [-0.2, 0) is 0 Å². The average molecular weight is 298 g/mol. The Morgan fingerprint density at radius 3 is 2.45 bits per heavy atom. The standard InChI is InChI=1S/C16H14N2O4/c1-22-14-5-3-2-4-13(14)15(19)18-17-10-11-6-8-12(9-7-11)16(20)21/h2-10H,1H3,(H,18,19)(H,20,21)/b17-10-. The number of carbonyl (C=O) groups is 2. The molecule has 0 aliphatic heterocycles. The lowest BCUT2D eigenvalue weighted by Gasteiger charge is -2.05. The van der Waals surface area contributed by atoms with E-state index < -0.39 is 11.9 Å². The lowest BCUT2D eigenvalue weighted by Crippen LogP contribution is -2.18. The molecule has 112 valence electrons. The molecule has 0 aliphatic rings. The summed E-state index contributed by atoms with van der Waals surface area (Å²) in [5.74, 6) is -0.926. The molecular formula is C16H14N2O4. The molecule has 0 spiro atoms. The van der Waals surface area contributed by atoms with Gasteiger partial charge < -0.3 is 9.84 Å². The highest BCUT2D eigenvalue weighted by atomic mass is 16.5. The number of carbonyl (C=O) groups excluding carboxylic acids is 1. The number of methoxy groups -OCH3 is 1. The van der Waals surface area contributed by atoms with Crippen molar-refractivity contribution in [1.29, 1.82) is 0 Å². The third-order valence-electron chi connectivity index (χ3n) is 2.89. The number of carboxylic acids is 1. The van der Waals surface area contributed by atoms with Crippen molar-refractivity contribution in [3.05, 3.63) is 65.2 Å². The molecule has 22 heavy (non-hydrogen) atoms. The van der Waals surface area contributed by atoms with Gasteiger partial charge in [0.15, 0.2) is 0 Å². The van der Waals surface area contributed by atoms with Gasteiger partial charge in [0, 0.05) is 0 Å². The minimum absolute atomic E-state index is 0.190. The van der Waals surface area contributed by atoms with E-state index in [1.807, 2.05) is 0 Å². The molecule has 0 heterocycles. The van der Waals surface area contributed by atoms with Gasteiger partial charge in [-0.15, -0.1) is 0 Å². The largest absolute Gasteiger partial charge is 0.496 e. The van der Waals surface area contributed by atoms with Crippen molar-refractivity contribution >= 4 is 18.1 Å². The van der Waals surface area contributed by atoms with Gasteiger partial charge in [0.25, 0.3) is 5.91 Å². The number of hydrazone groups is 1. The zero-order valence-electron chi connectivity index (χ0n) is 11.8. The van der Waals surface area contributed by atoms with E-state index in [0.717, 1.165) is 0 Å². The maximum atomic E-state index is 12.0. The van der Waals surface area contributed by atoms with Gasteiger partial charge in [-0.1, -0.05) is 24.3 Å². The first-order valence-electron chi connectivity index (χ1n) is 6.41. The van der Waals surface area contributed by atoms with E-state index in [-0.39, 0.29) is 5.56 Å². The molecule has 2 aromatic carbocycles. The van der Waals surface area contributed by atoms with Crippen LogP contribution in [0.15, 0.2) is 53.6 Å². The van der Waals surface area contributed by atoms with E-state index in [9.17, 15) is 9.59 Å². The molecule has 0 radical (unpaired) electrons. The predicted octanol–water partition coefficient (Wildman–Crippen LogP) is 2.16. The van der Waals surface area contributed by atoms with E-state index in [1.54, 1.807) is 36.4 Å². The lowest BCUT2D eigenvalue weighted by molar-refractivity contribution is 0.0696. The van der Waals surface area contributed by atoms with Crippen LogP contribution in [-0.4, -0.2) is 30.3 Å². The number of para-hydroxylation sites is 1. The minimum atomic E-state index is -0.993. The van der Waals surface area contributed by atoms with Gasteiger partial charge in [-0.05, 0) is 29.8 Å². The number of nitrogens with zero attached hydrogens (tertiary/aromatic N) is 1. The average Bonchev–Trinajstić information content (AvgIpc) is 2.55. The second kappa shape index (κ2) is 7.03. The van der Waals surface area contributed by atoms with Crippen molar-refractivity contribution in [2.24, 2.45) is 5.10 Å². The molecule has 0 saturated carbocycles. The van der Waals surface area contributed by atoms with Crippen molar-refractivity contribution < 1.29 is 19.4 Å². The van der Waals surface area contributed by atoms with Crippen LogP contribution < -0.4 is 10.2 Å². The fourth-order valence-corrected chi connectivity index (χ4v) is 1.77. The predicted molar refractivity (Wildman–Crippen MR) is 81.5 cm³/mol. The summed E-state index contributed by atoms with van der Waals surface area (Å²) < 4.78 is 5.10. The summed E-state index contributed by atoms with van der Waals surface area (Å²) >= 11 is 0. The van der Waals surface area contributed by atoms with E-state index >= 15 is 0 Å². The maximum absolute atomic E-state index is 12.0. The first-order valence-corrected chi connectivity index (χ1v) is 6.41. The first-order chi connectivity index (χ1) is 10.6. The number of rotatable bonds is 5. The topological polar surface area (TPSA) is 88.0 Å². The minimum Gasteiger partial charge on any atom is -0.496 e. The van der Waals surface area contributed by atoms with E-state index in [4.69, 9.17) is 9.84 Å². The molecular weight excluding hydrogens is 284 g/mol. The summed E-state index contributed by atoms with van der Waals surface area (Å²) in [5.41, 5.74) is 3.63. The highest BCUT2D eigenvalue weighted by Gasteiger charge is 2.09. The Hall–Kier alpha value is -3.15. The zero-order valence-corrected chi connectivity index (χ0v) is 11.8. The van der Waals surface area contributed by atoms with Crippen molar-refractivity contribution in [1.82, 2.24) is 5.43 Å². The van der Waals surface area contributed by atoms with Gasteiger partial charge in [-0.2, -0.15) is 5.10 Å². The molecule has 0 bridgehead atoms. The summed E-state index contributed by atoms with van der Waals surface area (Å²) in [6, 6.07) is 12.9. The molecule has 0 aromatic heterocycles. The monoisotopic (exact) mass is 298 g/mol. The van der Waals surface area contributed by atoms with Crippen molar-refractivity contribution in [3.63, 3.8) is 0 Å². The Morgan fingerprint density at radius 1 is 1.14 bits per heavy atom. The highest BCUT2D eigenvalue weighted by molar-refractivity contribution is 5.97. The SMILES string of the molecule is COc1ccccc1C(=O)N/N=C\c1ccc(C(=O)O)cc1. The third kappa shape index (κ3) is 3.69. The van der Waals surface area contributed by atoms with Gasteiger partial charge >= 0.3 is 5.97 Å². The Balaban J connectivity index is 2.02. The second-order valence-corrected chi connectivity index (χ2v) is 4.33. The van der Waals surface area contributed by atoms with Crippen LogP contribution in [0.5, 0.6) is 5.75 Å². The van der Waals surface area contributed by atoms with Crippen LogP contribution in [0.4, 0.5) is 0 Å². The number of amides is 1. The van der Waals surface area contributed by atoms with E-state index in [0.29, 0.717) is 16.9 Å². The molecule has 2 aromatic rings.